The van der Waals surface area contributed by atoms with E-state index in [1.165, 1.54) is 36.8 Å². The topological polar surface area (TPSA) is 43.2 Å². The molecule has 6 rings (SSSR count). The summed E-state index contributed by atoms with van der Waals surface area (Å²) in [4.78, 5) is 2.49. The van der Waals surface area contributed by atoms with E-state index in [9.17, 15) is 0 Å². The van der Waals surface area contributed by atoms with Gasteiger partial charge < -0.3 is 9.30 Å². The van der Waals surface area contributed by atoms with E-state index in [4.69, 9.17) is 4.74 Å². The Morgan fingerprint density at radius 1 is 1.04 bits per heavy atom. The molecule has 5 heterocycles. The number of nitrogens with zero attached hydrogens (tertiary/aromatic N) is 4. The lowest BCUT2D eigenvalue weighted by molar-refractivity contribution is -0.0103. The average Bonchev–Trinajstić information content (AvgIpc) is 3.04. The fourth-order valence-corrected chi connectivity index (χ4v) is 4.18. The molecule has 1 unspecified atom stereocenters. The van der Waals surface area contributed by atoms with E-state index in [1.54, 1.807) is 0 Å². The summed E-state index contributed by atoms with van der Waals surface area (Å²) in [5.41, 5.74) is 3.19. The third kappa shape index (κ3) is 2.68. The molecular weight excluding hydrogens is 312 g/mol. The van der Waals surface area contributed by atoms with Crippen LogP contribution >= 0.6 is 0 Å². The van der Waals surface area contributed by atoms with Crippen LogP contribution in [0.2, 0.25) is 0 Å². The third-order valence-corrected chi connectivity index (χ3v) is 5.69. The van der Waals surface area contributed by atoms with Crippen LogP contribution in [0.25, 0.3) is 22.2 Å². The van der Waals surface area contributed by atoms with Crippen molar-refractivity contribution in [3.63, 3.8) is 0 Å². The molecular formula is C20H22N4O. The molecule has 25 heavy (non-hydrogen) atoms. The molecule has 0 radical (unpaired) electrons. The predicted molar refractivity (Wildman–Crippen MR) is 97.5 cm³/mol. The van der Waals surface area contributed by atoms with Gasteiger partial charge in [0.2, 0.25) is 5.88 Å². The Hall–Kier alpha value is -2.40. The van der Waals surface area contributed by atoms with Crippen molar-refractivity contribution < 1.29 is 4.74 Å². The summed E-state index contributed by atoms with van der Waals surface area (Å²) in [5.74, 6) is 1.32. The van der Waals surface area contributed by atoms with Crippen molar-refractivity contribution in [2.45, 2.75) is 18.9 Å². The van der Waals surface area contributed by atoms with Crippen molar-refractivity contribution in [2.75, 3.05) is 19.6 Å². The first-order valence-corrected chi connectivity index (χ1v) is 9.04. The van der Waals surface area contributed by atoms with E-state index >= 15 is 0 Å². The Morgan fingerprint density at radius 3 is 2.64 bits per heavy atom. The van der Waals surface area contributed by atoms with Gasteiger partial charge in [-0.05, 0) is 56.1 Å². The van der Waals surface area contributed by atoms with Gasteiger partial charge in [-0.2, -0.15) is 0 Å². The molecule has 3 aromatic rings. The molecule has 0 spiro atoms. The molecule has 0 saturated carbocycles. The molecule has 5 heteroatoms. The van der Waals surface area contributed by atoms with Crippen LogP contribution in [0.3, 0.4) is 0 Å². The Balaban J connectivity index is 1.35. The zero-order valence-corrected chi connectivity index (χ0v) is 14.4. The first kappa shape index (κ1) is 14.9. The number of benzene rings is 1. The number of ether oxygens (including phenoxy) is 1. The maximum atomic E-state index is 6.14. The van der Waals surface area contributed by atoms with E-state index in [2.05, 4.69) is 57.2 Å². The molecule has 3 saturated heterocycles. The van der Waals surface area contributed by atoms with Crippen molar-refractivity contribution in [1.82, 2.24) is 19.7 Å². The molecule has 128 valence electrons. The Bertz CT molecular complexity index is 894. The zero-order valence-electron chi connectivity index (χ0n) is 14.4. The van der Waals surface area contributed by atoms with Gasteiger partial charge in [0.25, 0.3) is 0 Å². The van der Waals surface area contributed by atoms with Gasteiger partial charge in [-0.25, -0.2) is 0 Å². The summed E-state index contributed by atoms with van der Waals surface area (Å²) < 4.78 is 8.26. The fourth-order valence-electron chi connectivity index (χ4n) is 4.18. The molecule has 2 bridgehead atoms. The van der Waals surface area contributed by atoms with Crippen LogP contribution in [0.15, 0.2) is 42.6 Å². The van der Waals surface area contributed by atoms with Crippen molar-refractivity contribution in [1.29, 1.82) is 0 Å². The number of hydrogen-bond acceptors (Lipinski definition) is 4. The predicted octanol–water partition coefficient (Wildman–Crippen LogP) is 3.11. The summed E-state index contributed by atoms with van der Waals surface area (Å²) in [7, 11) is 2.06. The highest BCUT2D eigenvalue weighted by atomic mass is 16.5. The van der Waals surface area contributed by atoms with Gasteiger partial charge in [0.1, 0.15) is 6.10 Å². The Labute approximate surface area is 147 Å². The molecule has 2 aromatic heterocycles. The number of piperidine rings is 3. The van der Waals surface area contributed by atoms with Gasteiger partial charge in [0.15, 0.2) is 0 Å². The number of aromatic nitrogens is 3. The second-order valence-electron chi connectivity index (χ2n) is 7.25. The number of fused-ring (bicyclic) bond motifs is 4. The van der Waals surface area contributed by atoms with E-state index in [-0.39, 0.29) is 6.10 Å². The lowest BCUT2D eigenvalue weighted by Crippen LogP contribution is -2.52. The van der Waals surface area contributed by atoms with Crippen LogP contribution in [0, 0.1) is 5.92 Å². The molecule has 5 nitrogen and oxygen atoms in total. The van der Waals surface area contributed by atoms with Crippen LogP contribution in [-0.4, -0.2) is 45.4 Å². The standard InChI is InChI=1S/C20H22N4O/c1-23-9-6-16-12-15(2-4-18(16)23)17-3-5-20(22-21-17)25-19-13-24-10-7-14(19)8-11-24/h2-6,9,12,14,19H,7-8,10-11,13H2,1H3. The lowest BCUT2D eigenvalue weighted by Gasteiger charge is -2.44. The fraction of sp³-hybridized carbons (Fsp3) is 0.400. The average molecular weight is 334 g/mol. The van der Waals surface area contributed by atoms with E-state index in [0.29, 0.717) is 11.8 Å². The van der Waals surface area contributed by atoms with E-state index in [0.717, 1.165) is 17.8 Å². The SMILES string of the molecule is Cn1ccc2cc(-c3ccc(OC4CN5CCC4CC5)nn3)ccc21. The molecule has 0 N–H and O–H groups in total. The smallest absolute Gasteiger partial charge is 0.233 e. The van der Waals surface area contributed by atoms with E-state index in [1.807, 2.05) is 12.1 Å². The van der Waals surface area contributed by atoms with Crippen LogP contribution in [0.5, 0.6) is 5.88 Å². The maximum absolute atomic E-state index is 6.14. The number of rotatable bonds is 3. The minimum Gasteiger partial charge on any atom is -0.472 e. The molecule has 0 aliphatic carbocycles. The summed E-state index contributed by atoms with van der Waals surface area (Å²) >= 11 is 0. The van der Waals surface area contributed by atoms with Crippen molar-refractivity contribution >= 4 is 10.9 Å². The van der Waals surface area contributed by atoms with Gasteiger partial charge in [-0.1, -0.05) is 6.07 Å². The molecule has 1 aromatic carbocycles. The number of aryl methyl sites for hydroxylation is 1. The minimum atomic E-state index is 0.267. The van der Waals surface area contributed by atoms with E-state index < -0.39 is 0 Å². The normalized spacial score (nSPS) is 25.4. The van der Waals surface area contributed by atoms with Crippen LogP contribution in [0.4, 0.5) is 0 Å². The summed E-state index contributed by atoms with van der Waals surface area (Å²) in [5, 5.41) is 9.93. The van der Waals surface area contributed by atoms with Crippen molar-refractivity contribution in [3.8, 4) is 17.1 Å². The van der Waals surface area contributed by atoms with Crippen molar-refractivity contribution in [3.05, 3.63) is 42.6 Å². The first-order valence-electron chi connectivity index (χ1n) is 9.04. The zero-order chi connectivity index (χ0) is 16.8. The molecule has 0 amide bonds. The number of hydrogen-bond donors (Lipinski definition) is 0. The van der Waals surface area contributed by atoms with Gasteiger partial charge in [-0.15, -0.1) is 10.2 Å². The van der Waals surface area contributed by atoms with Gasteiger partial charge in [0, 0.05) is 42.3 Å². The molecule has 3 aliphatic heterocycles. The molecule has 3 aliphatic rings. The molecule has 3 fully saturated rings. The highest BCUT2D eigenvalue weighted by molar-refractivity contribution is 5.84. The lowest BCUT2D eigenvalue weighted by atomic mass is 9.86. The van der Waals surface area contributed by atoms with Gasteiger partial charge >= 0.3 is 0 Å². The quantitative estimate of drug-likeness (QED) is 0.738. The second-order valence-corrected chi connectivity index (χ2v) is 7.25. The third-order valence-electron chi connectivity index (χ3n) is 5.69. The highest BCUT2D eigenvalue weighted by Crippen LogP contribution is 2.30. The monoisotopic (exact) mass is 334 g/mol. The minimum absolute atomic E-state index is 0.267. The van der Waals surface area contributed by atoms with Gasteiger partial charge in [0.05, 0.1) is 5.69 Å². The van der Waals surface area contributed by atoms with Crippen LogP contribution in [0.1, 0.15) is 12.8 Å². The van der Waals surface area contributed by atoms with Gasteiger partial charge in [-0.3, -0.25) is 4.90 Å². The Morgan fingerprint density at radius 2 is 1.92 bits per heavy atom. The second kappa shape index (κ2) is 5.85. The Kier molecular flexibility index (Phi) is 3.48. The van der Waals surface area contributed by atoms with Crippen molar-refractivity contribution in [2.24, 2.45) is 13.0 Å². The largest absolute Gasteiger partial charge is 0.472 e. The summed E-state index contributed by atoms with van der Waals surface area (Å²) in [6, 6.07) is 12.5. The maximum Gasteiger partial charge on any atom is 0.233 e. The first-order chi connectivity index (χ1) is 12.3. The van der Waals surface area contributed by atoms with Crippen LogP contribution < -0.4 is 4.74 Å². The molecule has 1 atom stereocenters. The highest BCUT2D eigenvalue weighted by Gasteiger charge is 2.35. The van der Waals surface area contributed by atoms with Crippen LogP contribution in [-0.2, 0) is 7.05 Å². The summed E-state index contributed by atoms with van der Waals surface area (Å²) in [6.07, 6.45) is 4.83. The summed E-state index contributed by atoms with van der Waals surface area (Å²) in [6.45, 7) is 3.47.